The molecule has 2 heterocycles. The average Bonchev–Trinajstić information content (AvgIpc) is 2.81. The van der Waals surface area contributed by atoms with Crippen molar-refractivity contribution in [2.45, 2.75) is 78.1 Å². The van der Waals surface area contributed by atoms with Gasteiger partial charge in [-0.3, -0.25) is 14.6 Å². The zero-order valence-corrected chi connectivity index (χ0v) is 22.2. The van der Waals surface area contributed by atoms with Gasteiger partial charge < -0.3 is 10.1 Å². The van der Waals surface area contributed by atoms with Gasteiger partial charge in [-0.2, -0.15) is 13.2 Å². The number of aromatic nitrogens is 2. The molecule has 0 radical (unpaired) electrons. The zero-order valence-electron chi connectivity index (χ0n) is 22.2. The van der Waals surface area contributed by atoms with Gasteiger partial charge in [0.05, 0.1) is 16.8 Å². The van der Waals surface area contributed by atoms with Gasteiger partial charge in [0.1, 0.15) is 17.0 Å². The van der Waals surface area contributed by atoms with E-state index in [2.05, 4.69) is 10.3 Å². The Hall–Kier alpha value is -3.69. The van der Waals surface area contributed by atoms with Crippen LogP contribution in [0.4, 0.5) is 18.9 Å². The maximum absolute atomic E-state index is 13.4. The van der Waals surface area contributed by atoms with E-state index in [1.807, 2.05) is 13.8 Å². The Kier molecular flexibility index (Phi) is 8.64. The van der Waals surface area contributed by atoms with Crippen molar-refractivity contribution in [2.24, 2.45) is 0 Å². The second-order valence-corrected chi connectivity index (χ2v) is 10.3. The molecule has 2 N–H and O–H groups in total. The molecular formula is C28H33F3N4O3. The predicted molar refractivity (Wildman–Crippen MR) is 142 cm³/mol. The molecule has 0 aliphatic carbocycles. The highest BCUT2D eigenvalue weighted by atomic mass is 19.4. The van der Waals surface area contributed by atoms with E-state index < -0.39 is 28.9 Å². The molecule has 3 aromatic rings. The first kappa shape index (κ1) is 28.9. The van der Waals surface area contributed by atoms with Crippen LogP contribution in [0.2, 0.25) is 0 Å². The largest absolute Gasteiger partial charge is 0.456 e. The number of nitrogens with one attached hydrogen (secondary N) is 2. The molecule has 0 fully saturated rings. The van der Waals surface area contributed by atoms with Crippen molar-refractivity contribution in [2.75, 3.05) is 5.32 Å². The van der Waals surface area contributed by atoms with Gasteiger partial charge in [-0.1, -0.05) is 25.5 Å². The van der Waals surface area contributed by atoms with Gasteiger partial charge in [0.15, 0.2) is 0 Å². The first-order valence-corrected chi connectivity index (χ1v) is 12.5. The topological polar surface area (TPSA) is 96.5 Å². The van der Waals surface area contributed by atoms with Gasteiger partial charge in [0.25, 0.3) is 5.56 Å². The Bertz CT molecular complexity index is 1370. The predicted octanol–water partition coefficient (Wildman–Crippen LogP) is 6.27. The highest BCUT2D eigenvalue weighted by molar-refractivity contribution is 6.35. The fourth-order valence-electron chi connectivity index (χ4n) is 3.97. The number of unbranched alkanes of at least 4 members (excludes halogenated alkanes) is 1. The summed E-state index contributed by atoms with van der Waals surface area (Å²) in [5.74, 6) is -0.659. The van der Waals surface area contributed by atoms with Crippen LogP contribution < -0.4 is 10.9 Å². The van der Waals surface area contributed by atoms with E-state index in [0.717, 1.165) is 41.3 Å². The summed E-state index contributed by atoms with van der Waals surface area (Å²) in [5.41, 5.74) is -0.0291. The van der Waals surface area contributed by atoms with Crippen LogP contribution in [0.3, 0.4) is 0 Å². The number of rotatable bonds is 9. The van der Waals surface area contributed by atoms with Crippen molar-refractivity contribution in [3.05, 3.63) is 64.2 Å². The number of ether oxygens (including phenoxy) is 1. The Morgan fingerprint density at radius 2 is 1.82 bits per heavy atom. The normalized spacial score (nSPS) is 12.8. The van der Waals surface area contributed by atoms with Crippen LogP contribution in [0.25, 0.3) is 16.8 Å². The lowest BCUT2D eigenvalue weighted by atomic mass is 10.0. The van der Waals surface area contributed by atoms with Crippen molar-refractivity contribution >= 4 is 23.0 Å². The Balaban J connectivity index is 1.87. The van der Waals surface area contributed by atoms with Crippen LogP contribution in [0, 0.1) is 5.41 Å². The van der Waals surface area contributed by atoms with Gasteiger partial charge in [0, 0.05) is 24.3 Å². The third-order valence-electron chi connectivity index (χ3n) is 5.74. The van der Waals surface area contributed by atoms with E-state index in [1.165, 1.54) is 0 Å². The molecule has 0 saturated heterocycles. The maximum atomic E-state index is 13.4. The first-order chi connectivity index (χ1) is 17.7. The highest BCUT2D eigenvalue weighted by Crippen LogP contribution is 2.30. The minimum absolute atomic E-state index is 0.0424. The Morgan fingerprint density at radius 1 is 1.16 bits per heavy atom. The van der Waals surface area contributed by atoms with Crippen LogP contribution in [-0.2, 0) is 22.1 Å². The van der Waals surface area contributed by atoms with Gasteiger partial charge in [-0.25, -0.2) is 9.78 Å². The van der Waals surface area contributed by atoms with Crippen molar-refractivity contribution < 1.29 is 22.7 Å². The minimum Gasteiger partial charge on any atom is -0.456 e. The molecule has 1 atom stereocenters. The van der Waals surface area contributed by atoms with Gasteiger partial charge >= 0.3 is 12.1 Å². The monoisotopic (exact) mass is 530 g/mol. The number of benzene rings is 1. The molecule has 0 bridgehead atoms. The molecule has 0 aliphatic rings. The standard InChI is InChI=1S/C28H33F3N4O3/c1-6-7-8-22-24(25(36)35-14-13-19(28(29,30)31)16-23(35)34-22)18-9-11-20(12-10-18)33-17(2)15-21(32)26(37)38-27(3,4)5/h9-14,16-17,32-33H,6-8,15H2,1-5H3/t17-/m1/s1. The number of carbonyl (C=O) groups is 1. The van der Waals surface area contributed by atoms with Crippen LogP contribution in [0.15, 0.2) is 47.4 Å². The number of aryl methyl sites for hydroxylation is 1. The molecule has 7 nitrogen and oxygen atoms in total. The second kappa shape index (κ2) is 11.4. The zero-order chi connectivity index (χ0) is 28.3. The molecule has 0 saturated carbocycles. The van der Waals surface area contributed by atoms with E-state index in [0.29, 0.717) is 23.2 Å². The Morgan fingerprint density at radius 3 is 2.39 bits per heavy atom. The SMILES string of the molecule is CCCCc1nc2cc(C(F)(F)F)ccn2c(=O)c1-c1ccc(N[C@H](C)CC(=N)C(=O)OC(C)(C)C)cc1. The number of fused-ring (bicyclic) bond motifs is 1. The number of alkyl halides is 3. The first-order valence-electron chi connectivity index (χ1n) is 12.5. The molecule has 0 spiro atoms. The van der Waals surface area contributed by atoms with Crippen LogP contribution in [-0.4, -0.2) is 32.7 Å². The molecule has 38 heavy (non-hydrogen) atoms. The van der Waals surface area contributed by atoms with Gasteiger partial charge in [0.2, 0.25) is 0 Å². The van der Waals surface area contributed by atoms with Crippen molar-refractivity contribution in [3.63, 3.8) is 0 Å². The van der Waals surface area contributed by atoms with Crippen molar-refractivity contribution in [1.29, 1.82) is 5.41 Å². The third-order valence-corrected chi connectivity index (χ3v) is 5.74. The number of anilines is 1. The number of carbonyl (C=O) groups excluding carboxylic acids is 1. The fraction of sp³-hybridized carbons (Fsp3) is 0.429. The summed E-state index contributed by atoms with van der Waals surface area (Å²) < 4.78 is 46.0. The van der Waals surface area contributed by atoms with Gasteiger partial charge in [-0.15, -0.1) is 0 Å². The van der Waals surface area contributed by atoms with E-state index in [1.54, 1.807) is 45.0 Å². The van der Waals surface area contributed by atoms with Crippen LogP contribution in [0.1, 0.15) is 65.1 Å². The lowest BCUT2D eigenvalue weighted by Crippen LogP contribution is -2.31. The smallest absolute Gasteiger partial charge is 0.416 e. The summed E-state index contributed by atoms with van der Waals surface area (Å²) in [7, 11) is 0. The van der Waals surface area contributed by atoms with Gasteiger partial charge in [-0.05, 0) is 70.4 Å². The molecular weight excluding hydrogens is 497 g/mol. The molecule has 1 aromatic carbocycles. The van der Waals surface area contributed by atoms with E-state index in [4.69, 9.17) is 10.1 Å². The molecule has 0 aliphatic heterocycles. The molecule has 0 unspecified atom stereocenters. The Labute approximate surface area is 219 Å². The number of esters is 1. The lowest BCUT2D eigenvalue weighted by Gasteiger charge is -2.21. The summed E-state index contributed by atoms with van der Waals surface area (Å²) in [6.45, 7) is 9.05. The van der Waals surface area contributed by atoms with Crippen LogP contribution in [0.5, 0.6) is 0 Å². The number of hydrogen-bond acceptors (Lipinski definition) is 6. The van der Waals surface area contributed by atoms with E-state index in [-0.39, 0.29) is 23.8 Å². The number of pyridine rings is 1. The van der Waals surface area contributed by atoms with Crippen LogP contribution >= 0.6 is 0 Å². The van der Waals surface area contributed by atoms with Crippen molar-refractivity contribution in [3.8, 4) is 11.1 Å². The molecule has 0 amide bonds. The lowest BCUT2D eigenvalue weighted by molar-refractivity contribution is -0.146. The maximum Gasteiger partial charge on any atom is 0.416 e. The second-order valence-electron chi connectivity index (χ2n) is 10.3. The fourth-order valence-corrected chi connectivity index (χ4v) is 3.97. The minimum atomic E-state index is -4.53. The molecule has 10 heteroatoms. The summed E-state index contributed by atoms with van der Waals surface area (Å²) in [6, 6.07) is 8.56. The summed E-state index contributed by atoms with van der Waals surface area (Å²) in [5, 5.41) is 11.2. The summed E-state index contributed by atoms with van der Waals surface area (Å²) in [6.07, 6.45) is -1.24. The molecule has 204 valence electrons. The quantitative estimate of drug-likeness (QED) is 0.251. The van der Waals surface area contributed by atoms with E-state index >= 15 is 0 Å². The highest BCUT2D eigenvalue weighted by Gasteiger charge is 2.31. The average molecular weight is 531 g/mol. The number of halogens is 3. The van der Waals surface area contributed by atoms with E-state index in [9.17, 15) is 22.8 Å². The van der Waals surface area contributed by atoms with Crippen molar-refractivity contribution in [1.82, 2.24) is 9.38 Å². The number of nitrogens with zero attached hydrogens (tertiary/aromatic N) is 2. The third kappa shape index (κ3) is 7.20. The summed E-state index contributed by atoms with van der Waals surface area (Å²) >= 11 is 0. The summed E-state index contributed by atoms with van der Waals surface area (Å²) in [4.78, 5) is 29.9. The number of hydrogen-bond donors (Lipinski definition) is 2. The molecule has 3 rings (SSSR count). The molecule has 2 aromatic heterocycles.